The molecule has 1 aliphatic carbocycles. The van der Waals surface area contributed by atoms with E-state index in [9.17, 15) is 4.79 Å². The Morgan fingerprint density at radius 3 is 2.79 bits per heavy atom. The fourth-order valence-electron chi connectivity index (χ4n) is 4.20. The van der Waals surface area contributed by atoms with Crippen LogP contribution in [0, 0.1) is 0 Å². The number of carbonyl (C=O) groups excluding carboxylic acids is 1. The van der Waals surface area contributed by atoms with Crippen molar-refractivity contribution in [3.05, 3.63) is 59.8 Å². The summed E-state index contributed by atoms with van der Waals surface area (Å²) in [5.74, 6) is 2.18. The van der Waals surface area contributed by atoms with Crippen molar-refractivity contribution in [2.24, 2.45) is 0 Å². The number of hydrogen-bond acceptors (Lipinski definition) is 5. The largest absolute Gasteiger partial charge is 0.454 e. The van der Waals surface area contributed by atoms with Gasteiger partial charge >= 0.3 is 0 Å². The van der Waals surface area contributed by atoms with Gasteiger partial charge in [0.2, 0.25) is 12.7 Å². The average molecular weight is 374 g/mol. The quantitative estimate of drug-likeness (QED) is 0.700. The molecule has 3 heterocycles. The summed E-state index contributed by atoms with van der Waals surface area (Å²) in [5.41, 5.74) is 3.27. The first-order chi connectivity index (χ1) is 13.7. The summed E-state index contributed by atoms with van der Waals surface area (Å²) < 4.78 is 16.4. The first-order valence-electron chi connectivity index (χ1n) is 9.52. The molecular formula is C22H18N2O4. The molecule has 0 spiro atoms. The van der Waals surface area contributed by atoms with Crippen LogP contribution >= 0.6 is 0 Å². The number of rotatable bonds is 3. The van der Waals surface area contributed by atoms with E-state index in [1.165, 1.54) is 5.56 Å². The zero-order valence-corrected chi connectivity index (χ0v) is 15.2. The Hall–Kier alpha value is -3.28. The molecule has 0 atom stereocenters. The monoisotopic (exact) mass is 374 g/mol. The second-order valence-electron chi connectivity index (χ2n) is 7.56. The molecule has 0 unspecified atom stereocenters. The minimum atomic E-state index is -0.560. The van der Waals surface area contributed by atoms with Crippen molar-refractivity contribution in [2.45, 2.75) is 24.7 Å². The summed E-state index contributed by atoms with van der Waals surface area (Å²) in [4.78, 5) is 15.3. The molecule has 0 saturated heterocycles. The lowest BCUT2D eigenvalue weighted by atomic mass is 9.99. The smallest absolute Gasteiger partial charge is 0.239 e. The van der Waals surface area contributed by atoms with Crippen LogP contribution in [0.4, 0.5) is 5.69 Å². The third kappa shape index (κ3) is 2.21. The van der Waals surface area contributed by atoms with Crippen LogP contribution in [0.15, 0.2) is 53.1 Å². The number of amides is 1. The molecule has 6 heteroatoms. The second-order valence-corrected chi connectivity index (χ2v) is 7.56. The molecule has 1 aromatic heterocycles. The van der Waals surface area contributed by atoms with Crippen molar-refractivity contribution >= 4 is 11.6 Å². The van der Waals surface area contributed by atoms with E-state index in [2.05, 4.69) is 11.2 Å². The summed E-state index contributed by atoms with van der Waals surface area (Å²) in [6, 6.07) is 15.7. The molecule has 1 amide bonds. The van der Waals surface area contributed by atoms with Gasteiger partial charge in [0.05, 0.1) is 11.1 Å². The summed E-state index contributed by atoms with van der Waals surface area (Å²) in [6.45, 7) is 0.960. The van der Waals surface area contributed by atoms with Gasteiger partial charge in [0.15, 0.2) is 17.3 Å². The third-order valence-corrected chi connectivity index (χ3v) is 5.95. The summed E-state index contributed by atoms with van der Waals surface area (Å²) in [7, 11) is 0. The number of benzene rings is 2. The molecule has 0 radical (unpaired) electrons. The molecule has 28 heavy (non-hydrogen) atoms. The number of aromatic nitrogens is 1. The number of ether oxygens (including phenoxy) is 2. The van der Waals surface area contributed by atoms with E-state index in [4.69, 9.17) is 14.0 Å². The van der Waals surface area contributed by atoms with Crippen LogP contribution < -0.4 is 14.4 Å². The number of hydrogen-bond donors (Lipinski definition) is 0. The lowest BCUT2D eigenvalue weighted by molar-refractivity contribution is -0.121. The predicted octanol–water partition coefficient (Wildman–Crippen LogP) is 3.69. The first kappa shape index (κ1) is 15.7. The van der Waals surface area contributed by atoms with Crippen LogP contribution in [0.2, 0.25) is 0 Å². The van der Waals surface area contributed by atoms with Crippen molar-refractivity contribution < 1.29 is 18.8 Å². The number of fused-ring (bicyclic) bond motifs is 2. The van der Waals surface area contributed by atoms with Gasteiger partial charge in [0.1, 0.15) is 0 Å². The van der Waals surface area contributed by atoms with Crippen molar-refractivity contribution in [3.63, 3.8) is 0 Å². The maximum Gasteiger partial charge on any atom is 0.239 e. The van der Waals surface area contributed by atoms with Crippen molar-refractivity contribution in [2.75, 3.05) is 18.2 Å². The first-order valence-corrected chi connectivity index (χ1v) is 9.52. The van der Waals surface area contributed by atoms with E-state index >= 15 is 0 Å². The van der Waals surface area contributed by atoms with E-state index in [1.54, 1.807) is 0 Å². The molecule has 140 valence electrons. The van der Waals surface area contributed by atoms with Crippen LogP contribution in [0.5, 0.6) is 11.5 Å². The van der Waals surface area contributed by atoms with Gasteiger partial charge < -0.3 is 18.9 Å². The molecule has 0 N–H and O–H groups in total. The molecule has 3 aromatic rings. The topological polar surface area (TPSA) is 64.8 Å². The zero-order chi connectivity index (χ0) is 18.7. The maximum absolute atomic E-state index is 13.4. The highest BCUT2D eigenvalue weighted by atomic mass is 16.7. The van der Waals surface area contributed by atoms with Gasteiger partial charge in [-0.05, 0) is 49.1 Å². The molecule has 6 nitrogen and oxygen atoms in total. The van der Waals surface area contributed by atoms with Crippen LogP contribution in [0.25, 0.3) is 11.3 Å². The van der Waals surface area contributed by atoms with E-state index in [-0.39, 0.29) is 12.7 Å². The van der Waals surface area contributed by atoms with Gasteiger partial charge in [-0.25, -0.2) is 0 Å². The van der Waals surface area contributed by atoms with E-state index in [1.807, 2.05) is 47.4 Å². The van der Waals surface area contributed by atoms with E-state index in [0.717, 1.165) is 48.5 Å². The molecule has 1 saturated carbocycles. The zero-order valence-electron chi connectivity index (χ0n) is 15.2. The molecule has 3 aliphatic rings. The Bertz CT molecular complexity index is 1100. The predicted molar refractivity (Wildman–Crippen MR) is 101 cm³/mol. The second kappa shape index (κ2) is 5.61. The van der Waals surface area contributed by atoms with Gasteiger partial charge in [0.25, 0.3) is 0 Å². The Kier molecular flexibility index (Phi) is 3.15. The number of nitrogens with zero attached hydrogens (tertiary/aromatic N) is 2. The van der Waals surface area contributed by atoms with Crippen LogP contribution in [-0.2, 0) is 16.6 Å². The van der Waals surface area contributed by atoms with Crippen LogP contribution in [0.3, 0.4) is 0 Å². The Morgan fingerprint density at radius 1 is 1.04 bits per heavy atom. The number of anilines is 1. The SMILES string of the molecule is O=C(N1CCc2ccccc21)C1(c2cc(-c3ccc4c(c3)OCO4)on2)CC1. The van der Waals surface area contributed by atoms with Gasteiger partial charge in [0, 0.05) is 23.9 Å². The maximum atomic E-state index is 13.4. The van der Waals surface area contributed by atoms with Gasteiger partial charge in [-0.15, -0.1) is 0 Å². The number of para-hydroxylation sites is 1. The summed E-state index contributed by atoms with van der Waals surface area (Å²) in [5, 5.41) is 4.27. The lowest BCUT2D eigenvalue weighted by Crippen LogP contribution is -2.38. The molecule has 1 fully saturated rings. The Labute approximate surface area is 161 Å². The van der Waals surface area contributed by atoms with Crippen LogP contribution in [0.1, 0.15) is 24.1 Å². The standard InChI is InChI=1S/C22H18N2O4/c25-21(24-10-7-14-3-1-2-4-16(14)24)22(8-9-22)20-12-18(28-23-20)15-5-6-17-19(11-15)27-13-26-17/h1-6,11-12H,7-10,13H2. The molecule has 0 bridgehead atoms. The van der Waals surface area contributed by atoms with E-state index in [0.29, 0.717) is 11.5 Å². The molecule has 6 rings (SSSR count). The van der Waals surface area contributed by atoms with E-state index < -0.39 is 5.41 Å². The number of carbonyl (C=O) groups is 1. The lowest BCUT2D eigenvalue weighted by Gasteiger charge is -2.22. The van der Waals surface area contributed by atoms with Gasteiger partial charge in [-0.1, -0.05) is 23.4 Å². The van der Waals surface area contributed by atoms with Crippen molar-refractivity contribution in [1.82, 2.24) is 5.16 Å². The fraction of sp³-hybridized carbons (Fsp3) is 0.273. The Balaban J connectivity index is 1.31. The fourth-order valence-corrected chi connectivity index (χ4v) is 4.20. The summed E-state index contributed by atoms with van der Waals surface area (Å²) in [6.07, 6.45) is 2.51. The molecule has 2 aromatic carbocycles. The highest BCUT2D eigenvalue weighted by Gasteiger charge is 2.56. The average Bonchev–Trinajstić information content (AvgIpc) is 3.11. The highest BCUT2D eigenvalue weighted by Crippen LogP contribution is 2.51. The van der Waals surface area contributed by atoms with Gasteiger partial charge in [-0.2, -0.15) is 0 Å². The van der Waals surface area contributed by atoms with Crippen LogP contribution in [-0.4, -0.2) is 24.4 Å². The normalized spacial score (nSPS) is 18.2. The summed E-state index contributed by atoms with van der Waals surface area (Å²) >= 11 is 0. The minimum absolute atomic E-state index is 0.128. The third-order valence-electron chi connectivity index (χ3n) is 5.95. The molecular weight excluding hydrogens is 356 g/mol. The minimum Gasteiger partial charge on any atom is -0.454 e. The highest BCUT2D eigenvalue weighted by molar-refractivity contribution is 6.04. The Morgan fingerprint density at radius 2 is 1.89 bits per heavy atom. The van der Waals surface area contributed by atoms with Crippen molar-refractivity contribution in [3.8, 4) is 22.8 Å². The van der Waals surface area contributed by atoms with Gasteiger partial charge in [-0.3, -0.25) is 4.79 Å². The van der Waals surface area contributed by atoms with Crippen molar-refractivity contribution in [1.29, 1.82) is 0 Å². The molecule has 2 aliphatic heterocycles.